The number of aryl methyl sites for hydroxylation is 1. The first kappa shape index (κ1) is 29.1. The first-order valence-corrected chi connectivity index (χ1v) is 16.3. The highest BCUT2D eigenvalue weighted by atomic mass is 32.2. The smallest absolute Gasteiger partial charge is 0.252 e. The van der Waals surface area contributed by atoms with Crippen LogP contribution < -0.4 is 10.0 Å². The number of likely N-dealkylation sites (tertiary alicyclic amines) is 1. The van der Waals surface area contributed by atoms with Crippen LogP contribution in [0.3, 0.4) is 0 Å². The number of nitrogens with zero attached hydrogens (tertiary/aromatic N) is 3. The molecular formula is C29H32N4O6S2. The third-order valence-corrected chi connectivity index (χ3v) is 10.5. The van der Waals surface area contributed by atoms with E-state index in [1.165, 1.54) is 40.7 Å². The van der Waals surface area contributed by atoms with E-state index in [1.807, 2.05) is 37.3 Å². The predicted octanol–water partition coefficient (Wildman–Crippen LogP) is 2.63. The highest BCUT2D eigenvalue weighted by Crippen LogP contribution is 2.34. The molecule has 3 aromatic rings. The van der Waals surface area contributed by atoms with Crippen LogP contribution in [0.4, 0.5) is 5.69 Å². The van der Waals surface area contributed by atoms with Crippen LogP contribution in [0.15, 0.2) is 88.7 Å². The Kier molecular flexibility index (Phi) is 8.13. The Morgan fingerprint density at radius 1 is 0.829 bits per heavy atom. The zero-order valence-electron chi connectivity index (χ0n) is 22.6. The standard InChI is InChI=1S/C29H32N4O6S2/c1-21-7-11-26(12-8-21)41(38,39)33(24-15-17-31(18-16-24)20-22-5-3-2-4-6-22)27-19-28(34)32(29(27)35)23-9-13-25(14-10-23)40(30,36)37/h2-14,24,27H,15-20H2,1H3,(H2,30,36,37). The quantitative estimate of drug-likeness (QED) is 0.395. The van der Waals surface area contributed by atoms with Gasteiger partial charge in [0.1, 0.15) is 6.04 Å². The number of rotatable bonds is 8. The first-order valence-electron chi connectivity index (χ1n) is 13.3. The van der Waals surface area contributed by atoms with E-state index in [0.29, 0.717) is 25.9 Å². The summed E-state index contributed by atoms with van der Waals surface area (Å²) in [5, 5.41) is 5.17. The molecule has 0 bridgehead atoms. The minimum atomic E-state index is -4.15. The molecular weight excluding hydrogens is 564 g/mol. The summed E-state index contributed by atoms with van der Waals surface area (Å²) in [6.07, 6.45) is 0.684. The van der Waals surface area contributed by atoms with Crippen molar-refractivity contribution in [3.63, 3.8) is 0 Å². The molecule has 0 aliphatic carbocycles. The van der Waals surface area contributed by atoms with Crippen molar-refractivity contribution >= 4 is 37.5 Å². The monoisotopic (exact) mass is 596 g/mol. The largest absolute Gasteiger partial charge is 0.299 e. The minimum Gasteiger partial charge on any atom is -0.299 e. The van der Waals surface area contributed by atoms with Crippen LogP contribution in [0.5, 0.6) is 0 Å². The maximum absolute atomic E-state index is 14.1. The van der Waals surface area contributed by atoms with Gasteiger partial charge in [0.05, 0.1) is 21.9 Å². The number of nitrogens with two attached hydrogens (primary N) is 1. The summed E-state index contributed by atoms with van der Waals surface area (Å²) in [4.78, 5) is 30.0. The van der Waals surface area contributed by atoms with Gasteiger partial charge in [-0.3, -0.25) is 14.5 Å². The van der Waals surface area contributed by atoms with Gasteiger partial charge in [-0.2, -0.15) is 4.31 Å². The van der Waals surface area contributed by atoms with Crippen molar-refractivity contribution in [3.8, 4) is 0 Å². The van der Waals surface area contributed by atoms with Crippen LogP contribution >= 0.6 is 0 Å². The van der Waals surface area contributed by atoms with Gasteiger partial charge in [0, 0.05) is 25.7 Å². The SMILES string of the molecule is Cc1ccc(S(=O)(=O)N(C2CCN(Cc3ccccc3)CC2)C2CC(=O)N(c3ccc(S(N)(=O)=O)cc3)C2=O)cc1. The van der Waals surface area contributed by atoms with E-state index in [0.717, 1.165) is 22.6 Å². The molecule has 3 aromatic carbocycles. The van der Waals surface area contributed by atoms with E-state index in [-0.39, 0.29) is 21.9 Å². The Labute approximate surface area is 240 Å². The van der Waals surface area contributed by atoms with Crippen LogP contribution in [-0.2, 0) is 36.2 Å². The van der Waals surface area contributed by atoms with Gasteiger partial charge in [0.2, 0.25) is 26.0 Å². The summed E-state index contributed by atoms with van der Waals surface area (Å²) in [7, 11) is -8.11. The molecule has 41 heavy (non-hydrogen) atoms. The number of anilines is 1. The third kappa shape index (κ3) is 6.11. The number of primary sulfonamides is 1. The Balaban J connectivity index is 1.44. The Morgan fingerprint density at radius 2 is 1.41 bits per heavy atom. The van der Waals surface area contributed by atoms with Gasteiger partial charge in [-0.05, 0) is 61.7 Å². The second-order valence-corrected chi connectivity index (χ2v) is 13.9. The summed E-state index contributed by atoms with van der Waals surface area (Å²) in [5.41, 5.74) is 2.21. The number of hydrogen-bond acceptors (Lipinski definition) is 7. The summed E-state index contributed by atoms with van der Waals surface area (Å²) in [5.74, 6) is -1.23. The van der Waals surface area contributed by atoms with Crippen molar-refractivity contribution in [3.05, 3.63) is 90.0 Å². The Morgan fingerprint density at radius 3 is 2.00 bits per heavy atom. The fourth-order valence-corrected chi connectivity index (χ4v) is 7.84. The maximum atomic E-state index is 14.1. The average Bonchev–Trinajstić information content (AvgIpc) is 3.23. The molecule has 0 aromatic heterocycles. The number of imide groups is 1. The number of piperidine rings is 1. The number of hydrogen-bond donors (Lipinski definition) is 1. The van der Waals surface area contributed by atoms with Crippen molar-refractivity contribution in [1.82, 2.24) is 9.21 Å². The molecule has 1 atom stereocenters. The summed E-state index contributed by atoms with van der Waals surface area (Å²) in [6, 6.07) is 19.8. The molecule has 216 valence electrons. The fraction of sp³-hybridized carbons (Fsp3) is 0.310. The van der Waals surface area contributed by atoms with Crippen molar-refractivity contribution in [2.24, 2.45) is 5.14 Å². The molecule has 0 radical (unpaired) electrons. The van der Waals surface area contributed by atoms with Gasteiger partial charge in [-0.15, -0.1) is 0 Å². The molecule has 5 rings (SSSR count). The third-order valence-electron chi connectivity index (χ3n) is 7.62. The van der Waals surface area contributed by atoms with Crippen molar-refractivity contribution < 1.29 is 26.4 Å². The molecule has 0 spiro atoms. The molecule has 10 nitrogen and oxygen atoms in total. The van der Waals surface area contributed by atoms with E-state index in [9.17, 15) is 26.4 Å². The van der Waals surface area contributed by atoms with Gasteiger partial charge < -0.3 is 0 Å². The number of carbonyl (C=O) groups is 2. The highest BCUT2D eigenvalue weighted by Gasteiger charge is 2.49. The first-order chi connectivity index (χ1) is 19.4. The highest BCUT2D eigenvalue weighted by molar-refractivity contribution is 7.89. The van der Waals surface area contributed by atoms with Crippen LogP contribution in [0.2, 0.25) is 0 Å². The molecule has 2 heterocycles. The van der Waals surface area contributed by atoms with E-state index < -0.39 is 43.9 Å². The molecule has 2 aliphatic rings. The number of amides is 2. The summed E-state index contributed by atoms with van der Waals surface area (Å²) in [6.45, 7) is 3.86. The maximum Gasteiger partial charge on any atom is 0.252 e. The number of benzene rings is 3. The van der Waals surface area contributed by atoms with Gasteiger partial charge in [-0.25, -0.2) is 26.9 Å². The second-order valence-electron chi connectivity index (χ2n) is 10.5. The lowest BCUT2D eigenvalue weighted by molar-refractivity contribution is -0.122. The van der Waals surface area contributed by atoms with Crippen molar-refractivity contribution in [2.45, 2.75) is 54.6 Å². The van der Waals surface area contributed by atoms with Gasteiger partial charge in [0.15, 0.2) is 0 Å². The van der Waals surface area contributed by atoms with Crippen molar-refractivity contribution in [1.29, 1.82) is 0 Å². The molecule has 0 saturated carbocycles. The average molecular weight is 597 g/mol. The lowest BCUT2D eigenvalue weighted by atomic mass is 10.0. The molecule has 1 unspecified atom stereocenters. The molecule has 2 amide bonds. The lowest BCUT2D eigenvalue weighted by Gasteiger charge is -2.39. The molecule has 2 N–H and O–H groups in total. The molecule has 12 heteroatoms. The van der Waals surface area contributed by atoms with E-state index in [2.05, 4.69) is 4.90 Å². The number of sulfonamides is 2. The van der Waals surface area contributed by atoms with Crippen LogP contribution in [0, 0.1) is 6.92 Å². The topological polar surface area (TPSA) is 138 Å². The van der Waals surface area contributed by atoms with Crippen LogP contribution in [0.1, 0.15) is 30.4 Å². The molecule has 2 saturated heterocycles. The number of carbonyl (C=O) groups excluding carboxylic acids is 2. The van der Waals surface area contributed by atoms with Crippen LogP contribution in [0.25, 0.3) is 0 Å². The Hall–Kier alpha value is -3.42. The second kappa shape index (κ2) is 11.5. The van der Waals surface area contributed by atoms with E-state index in [1.54, 1.807) is 12.1 Å². The van der Waals surface area contributed by atoms with E-state index in [4.69, 9.17) is 5.14 Å². The Bertz CT molecular complexity index is 1640. The van der Waals surface area contributed by atoms with Gasteiger partial charge in [-0.1, -0.05) is 48.0 Å². The predicted molar refractivity (Wildman–Crippen MR) is 154 cm³/mol. The molecule has 2 aliphatic heterocycles. The fourth-order valence-electron chi connectivity index (χ4n) is 5.49. The van der Waals surface area contributed by atoms with Gasteiger partial charge >= 0.3 is 0 Å². The van der Waals surface area contributed by atoms with E-state index >= 15 is 0 Å². The lowest BCUT2D eigenvalue weighted by Crippen LogP contribution is -2.53. The molecule has 2 fully saturated rings. The normalized spacial score (nSPS) is 19.3. The van der Waals surface area contributed by atoms with Gasteiger partial charge in [0.25, 0.3) is 5.91 Å². The van der Waals surface area contributed by atoms with Crippen LogP contribution in [-0.4, -0.2) is 63.0 Å². The minimum absolute atomic E-state index is 0.0611. The summed E-state index contributed by atoms with van der Waals surface area (Å²) >= 11 is 0. The zero-order valence-corrected chi connectivity index (χ0v) is 24.2. The van der Waals surface area contributed by atoms with Crippen molar-refractivity contribution in [2.75, 3.05) is 18.0 Å². The summed E-state index contributed by atoms with van der Waals surface area (Å²) < 4.78 is 52.8. The zero-order chi connectivity index (χ0) is 29.4.